The molecule has 0 spiro atoms. The molecule has 0 saturated heterocycles. The summed E-state index contributed by atoms with van der Waals surface area (Å²) in [5.74, 6) is -7.08. The summed E-state index contributed by atoms with van der Waals surface area (Å²) in [6.07, 6.45) is 24.8. The number of rotatable bonds is 25. The minimum Gasteiger partial charge on any atom is -0.481 e. The lowest BCUT2D eigenvalue weighted by atomic mass is 9.86. The molecule has 2 aromatic carbocycles. The van der Waals surface area contributed by atoms with Crippen molar-refractivity contribution < 1.29 is 56.9 Å². The van der Waals surface area contributed by atoms with Crippen LogP contribution in [0.5, 0.6) is 11.5 Å². The number of unbranched alkanes of at least 4 members (excludes halogenated alkanes) is 1. The van der Waals surface area contributed by atoms with E-state index in [-0.39, 0.29) is 36.4 Å². The van der Waals surface area contributed by atoms with Crippen LogP contribution >= 0.6 is 0 Å². The Morgan fingerprint density at radius 3 is 1.82 bits per heavy atom. The first-order valence-electron chi connectivity index (χ1n) is 20.3. The number of carboxylic acids is 1. The number of carbonyl (C=O) groups excluding carboxylic acids is 5. The minimum atomic E-state index is -3.10. The van der Waals surface area contributed by atoms with Crippen LogP contribution in [0, 0.1) is 5.41 Å². The van der Waals surface area contributed by atoms with Gasteiger partial charge in [-0.05, 0) is 69.2 Å². The Morgan fingerprint density at radius 2 is 1.26 bits per heavy atom. The molecule has 0 heterocycles. The van der Waals surface area contributed by atoms with Crippen molar-refractivity contribution in [3.05, 3.63) is 120 Å². The van der Waals surface area contributed by atoms with E-state index in [2.05, 4.69) is 60.8 Å². The summed E-state index contributed by atoms with van der Waals surface area (Å²) in [5.41, 5.74) is -1.96. The Bertz CT molecular complexity index is 1890. The SMILES string of the molecule is [2H]C([2H])([2H])C(=O)Oc1ccccc1C(=O)Oc1ccccc1C(=O)OC(C(=O)NCCC(=O)O)C(C)(C)COC(=O)CCCC=CCC=CCC=CCC=CCC=CCC. The molecule has 12 heteroatoms. The van der Waals surface area contributed by atoms with Gasteiger partial charge in [0.05, 0.1) is 6.42 Å². The maximum Gasteiger partial charge on any atom is 0.347 e. The van der Waals surface area contributed by atoms with Crippen LogP contribution in [0.25, 0.3) is 0 Å². The number of hydrogen-bond donors (Lipinski definition) is 2. The number of esters is 4. The van der Waals surface area contributed by atoms with Crippen molar-refractivity contribution in [2.45, 2.75) is 91.5 Å². The molecule has 0 fully saturated rings. The predicted molar refractivity (Wildman–Crippen MR) is 217 cm³/mol. The minimum absolute atomic E-state index is 0.0942. The molecule has 0 saturated carbocycles. The highest BCUT2D eigenvalue weighted by atomic mass is 16.6. The molecule has 2 rings (SSSR count). The fraction of sp³-hybridized carbons (Fsp3) is 0.378. The molecule has 1 atom stereocenters. The number of allylic oxidation sites excluding steroid dienone is 10. The smallest absolute Gasteiger partial charge is 0.347 e. The monoisotopic (exact) mass is 788 g/mol. The highest BCUT2D eigenvalue weighted by Gasteiger charge is 2.40. The van der Waals surface area contributed by atoms with Crippen LogP contribution in [0.15, 0.2) is 109 Å². The van der Waals surface area contributed by atoms with E-state index in [9.17, 15) is 28.8 Å². The highest BCUT2D eigenvalue weighted by molar-refractivity contribution is 5.99. The Kier molecular flexibility index (Phi) is 19.7. The molecule has 2 N–H and O–H groups in total. The van der Waals surface area contributed by atoms with Gasteiger partial charge in [0.15, 0.2) is 6.10 Å². The molecule has 1 amide bonds. The molecule has 0 aliphatic carbocycles. The molecular formula is C45H55NO11. The van der Waals surface area contributed by atoms with E-state index in [4.69, 9.17) is 28.2 Å². The predicted octanol–water partition coefficient (Wildman–Crippen LogP) is 8.44. The maximum atomic E-state index is 13.6. The Labute approximate surface area is 339 Å². The lowest BCUT2D eigenvalue weighted by molar-refractivity contribution is -0.153. The number of hydrogen-bond acceptors (Lipinski definition) is 10. The van der Waals surface area contributed by atoms with Gasteiger partial charge in [0.25, 0.3) is 5.91 Å². The van der Waals surface area contributed by atoms with Gasteiger partial charge >= 0.3 is 29.8 Å². The van der Waals surface area contributed by atoms with Gasteiger partial charge in [0, 0.05) is 29.3 Å². The Balaban J connectivity index is 2.01. The number of ether oxygens (including phenoxy) is 4. The van der Waals surface area contributed by atoms with E-state index in [0.29, 0.717) is 12.8 Å². The number of amides is 1. The average molecular weight is 789 g/mol. The number of carbonyl (C=O) groups is 6. The Morgan fingerprint density at radius 1 is 0.737 bits per heavy atom. The summed E-state index contributed by atoms with van der Waals surface area (Å²) in [6, 6.07) is 10.6. The van der Waals surface area contributed by atoms with Gasteiger partial charge in [-0.25, -0.2) is 9.59 Å². The molecule has 0 aliphatic rings. The maximum absolute atomic E-state index is 13.6. The van der Waals surface area contributed by atoms with Crippen LogP contribution in [0.3, 0.4) is 0 Å². The fourth-order valence-electron chi connectivity index (χ4n) is 4.97. The van der Waals surface area contributed by atoms with Crippen LogP contribution in [0.1, 0.15) is 110 Å². The molecule has 0 aromatic heterocycles. The second-order valence-electron chi connectivity index (χ2n) is 13.2. The normalized spacial score (nSPS) is 13.4. The molecule has 1 unspecified atom stereocenters. The van der Waals surface area contributed by atoms with Crippen molar-refractivity contribution in [1.29, 1.82) is 0 Å². The quantitative estimate of drug-likeness (QED) is 0.0428. The number of benzene rings is 2. The number of aliphatic carboxylic acids is 1. The fourth-order valence-corrected chi connectivity index (χ4v) is 4.97. The van der Waals surface area contributed by atoms with Crippen LogP contribution in [0.2, 0.25) is 0 Å². The van der Waals surface area contributed by atoms with E-state index in [1.54, 1.807) is 0 Å². The first-order valence-corrected chi connectivity index (χ1v) is 18.8. The number of carboxylic acid groups (broad SMARTS) is 1. The summed E-state index contributed by atoms with van der Waals surface area (Å²) in [7, 11) is 0. The summed E-state index contributed by atoms with van der Waals surface area (Å²) in [6.45, 7) is 1.42. The van der Waals surface area contributed by atoms with E-state index in [0.717, 1.165) is 32.1 Å². The molecule has 2 aromatic rings. The second-order valence-corrected chi connectivity index (χ2v) is 13.2. The zero-order chi connectivity index (χ0) is 44.4. The average Bonchev–Trinajstić information content (AvgIpc) is 3.20. The first kappa shape index (κ1) is 42.1. The van der Waals surface area contributed by atoms with E-state index in [1.807, 2.05) is 12.2 Å². The Hall–Kier alpha value is -6.04. The van der Waals surface area contributed by atoms with Gasteiger partial charge in [0.1, 0.15) is 29.2 Å². The van der Waals surface area contributed by atoms with E-state index in [1.165, 1.54) is 62.4 Å². The van der Waals surface area contributed by atoms with Crippen molar-refractivity contribution in [3.8, 4) is 11.5 Å². The first-order chi connectivity index (χ1) is 28.6. The lowest BCUT2D eigenvalue weighted by Crippen LogP contribution is -2.49. The molecular weight excluding hydrogens is 730 g/mol. The zero-order valence-electron chi connectivity index (χ0n) is 35.8. The van der Waals surface area contributed by atoms with Crippen molar-refractivity contribution in [2.24, 2.45) is 5.41 Å². The summed E-state index contributed by atoms with van der Waals surface area (Å²) >= 11 is 0. The molecule has 306 valence electrons. The van der Waals surface area contributed by atoms with Crippen molar-refractivity contribution in [2.75, 3.05) is 13.2 Å². The van der Waals surface area contributed by atoms with E-state index < -0.39 is 66.3 Å². The van der Waals surface area contributed by atoms with Gasteiger partial charge in [0.2, 0.25) is 0 Å². The van der Waals surface area contributed by atoms with Gasteiger partial charge < -0.3 is 29.4 Å². The molecule has 57 heavy (non-hydrogen) atoms. The van der Waals surface area contributed by atoms with Crippen molar-refractivity contribution in [1.82, 2.24) is 5.32 Å². The third-order valence-corrected chi connectivity index (χ3v) is 7.94. The standard InChI is InChI=1S/C45H55NO11/c1-5-6-7-8-9-10-11-12-13-14-15-16-17-18-19-20-21-30-40(50)54-33-45(3,4)41(42(51)46-32-31-39(48)49)57-44(53)36-27-23-25-29-38(36)56-43(52)35-26-22-24-28-37(35)55-34(2)47/h6-7,9-10,12-13,15-16,18-19,22-29,41H,5,8,11,14,17,20-21,30-33H2,1-4H3,(H,46,51)(H,48,49)/i2D3. The van der Waals surface area contributed by atoms with Crippen molar-refractivity contribution >= 4 is 35.8 Å². The molecule has 0 bridgehead atoms. The van der Waals surface area contributed by atoms with Crippen LogP contribution < -0.4 is 14.8 Å². The van der Waals surface area contributed by atoms with E-state index >= 15 is 0 Å². The van der Waals surface area contributed by atoms with Crippen LogP contribution in [0.4, 0.5) is 0 Å². The zero-order valence-corrected chi connectivity index (χ0v) is 32.8. The third-order valence-electron chi connectivity index (χ3n) is 7.94. The molecule has 0 radical (unpaired) electrons. The third kappa shape index (κ3) is 19.4. The van der Waals surface area contributed by atoms with Crippen LogP contribution in [-0.2, 0) is 28.7 Å². The largest absolute Gasteiger partial charge is 0.481 e. The topological polar surface area (TPSA) is 172 Å². The molecule has 0 aliphatic heterocycles. The highest BCUT2D eigenvalue weighted by Crippen LogP contribution is 2.29. The summed E-state index contributed by atoms with van der Waals surface area (Å²) in [5, 5.41) is 11.5. The number of para-hydroxylation sites is 2. The summed E-state index contributed by atoms with van der Waals surface area (Å²) in [4.78, 5) is 76.0. The van der Waals surface area contributed by atoms with Gasteiger partial charge in [-0.15, -0.1) is 0 Å². The summed E-state index contributed by atoms with van der Waals surface area (Å²) < 4.78 is 43.2. The second kappa shape index (κ2) is 26.7. The van der Waals surface area contributed by atoms with Crippen LogP contribution in [-0.4, -0.2) is 60.1 Å². The van der Waals surface area contributed by atoms with Gasteiger partial charge in [-0.2, -0.15) is 0 Å². The molecule has 12 nitrogen and oxygen atoms in total. The van der Waals surface area contributed by atoms with Gasteiger partial charge in [-0.1, -0.05) is 106 Å². The number of nitrogens with one attached hydrogen (secondary N) is 1. The lowest BCUT2D eigenvalue weighted by Gasteiger charge is -2.32. The van der Waals surface area contributed by atoms with Crippen molar-refractivity contribution in [3.63, 3.8) is 0 Å². The van der Waals surface area contributed by atoms with Gasteiger partial charge in [-0.3, -0.25) is 19.2 Å².